The summed E-state index contributed by atoms with van der Waals surface area (Å²) in [6.45, 7) is 0. The third-order valence-electron chi connectivity index (χ3n) is 6.06. The molecule has 5 aromatic rings. The summed E-state index contributed by atoms with van der Waals surface area (Å²) in [6.07, 6.45) is 1.72. The maximum Gasteiger partial charge on any atom is 0.492 e. The summed E-state index contributed by atoms with van der Waals surface area (Å²) in [5.74, 6) is 0. The van der Waals surface area contributed by atoms with E-state index in [2.05, 4.69) is 36.4 Å². The molecule has 5 rings (SSSR count). The first-order valence-corrected chi connectivity index (χ1v) is 11.4. The van der Waals surface area contributed by atoms with Gasteiger partial charge in [0.1, 0.15) is 5.54 Å². The van der Waals surface area contributed by atoms with Crippen LogP contribution >= 0.6 is 11.6 Å². The van der Waals surface area contributed by atoms with Crippen molar-refractivity contribution in [2.45, 2.75) is 5.54 Å². The molecular formula is C28H22BClN2O2. The van der Waals surface area contributed by atoms with Crippen molar-refractivity contribution in [3.8, 4) is 11.3 Å². The summed E-state index contributed by atoms with van der Waals surface area (Å²) in [5.41, 5.74) is 3.69. The van der Waals surface area contributed by atoms with Crippen molar-refractivity contribution < 1.29 is 10.0 Å². The van der Waals surface area contributed by atoms with Crippen LogP contribution in [0.3, 0.4) is 0 Å². The van der Waals surface area contributed by atoms with E-state index in [-0.39, 0.29) is 0 Å². The average Bonchev–Trinajstić information content (AvgIpc) is 3.33. The van der Waals surface area contributed by atoms with E-state index in [1.807, 2.05) is 71.4 Å². The van der Waals surface area contributed by atoms with Gasteiger partial charge in [-0.15, -0.1) is 0 Å². The fourth-order valence-corrected chi connectivity index (χ4v) is 4.64. The van der Waals surface area contributed by atoms with Crippen molar-refractivity contribution in [2.75, 3.05) is 0 Å². The standard InChI is InChI=1S/C28H22BClN2O2/c30-25-18-16-21(17-19-25)27-26(29(33)34)20-32(31-27)28(22-10-4-1-5-11-22,23-12-6-2-7-13-23)24-14-8-3-9-15-24/h1-20,33-34H. The van der Waals surface area contributed by atoms with Crippen LogP contribution in [0.5, 0.6) is 0 Å². The van der Waals surface area contributed by atoms with Crippen molar-refractivity contribution >= 4 is 24.2 Å². The van der Waals surface area contributed by atoms with Gasteiger partial charge in [0.2, 0.25) is 0 Å². The smallest absolute Gasteiger partial charge is 0.423 e. The fourth-order valence-electron chi connectivity index (χ4n) is 4.52. The van der Waals surface area contributed by atoms with E-state index in [0.717, 1.165) is 22.3 Å². The maximum absolute atomic E-state index is 10.3. The lowest BCUT2D eigenvalue weighted by Crippen LogP contribution is -2.39. The number of nitrogens with zero attached hydrogens (tertiary/aromatic N) is 2. The molecule has 0 radical (unpaired) electrons. The molecule has 34 heavy (non-hydrogen) atoms. The lowest BCUT2D eigenvalue weighted by atomic mass is 9.76. The van der Waals surface area contributed by atoms with Crippen LogP contribution in [0.2, 0.25) is 5.02 Å². The molecule has 0 spiro atoms. The van der Waals surface area contributed by atoms with E-state index in [1.54, 1.807) is 18.3 Å². The summed E-state index contributed by atoms with van der Waals surface area (Å²) in [4.78, 5) is 0. The zero-order valence-electron chi connectivity index (χ0n) is 18.3. The first kappa shape index (κ1) is 22.2. The molecule has 166 valence electrons. The van der Waals surface area contributed by atoms with E-state index in [9.17, 15) is 10.0 Å². The maximum atomic E-state index is 10.3. The second-order valence-electron chi connectivity index (χ2n) is 8.07. The van der Waals surface area contributed by atoms with Gasteiger partial charge in [0.25, 0.3) is 0 Å². The second-order valence-corrected chi connectivity index (χ2v) is 8.50. The number of halogens is 1. The zero-order valence-corrected chi connectivity index (χ0v) is 19.0. The molecule has 2 N–H and O–H groups in total. The molecule has 0 saturated heterocycles. The normalized spacial score (nSPS) is 11.4. The molecule has 6 heteroatoms. The number of hydrogen-bond acceptors (Lipinski definition) is 3. The minimum absolute atomic E-state index is 0.314. The van der Waals surface area contributed by atoms with Gasteiger partial charge >= 0.3 is 7.12 Å². The number of rotatable bonds is 6. The molecule has 0 atom stereocenters. The van der Waals surface area contributed by atoms with Gasteiger partial charge in [-0.1, -0.05) is 115 Å². The van der Waals surface area contributed by atoms with Crippen LogP contribution in [0, 0.1) is 0 Å². The summed E-state index contributed by atoms with van der Waals surface area (Å²) in [6, 6.07) is 37.6. The molecule has 0 fully saturated rings. The van der Waals surface area contributed by atoms with E-state index >= 15 is 0 Å². The number of hydrogen-bond donors (Lipinski definition) is 2. The number of aromatic nitrogens is 2. The van der Waals surface area contributed by atoms with Crippen LogP contribution in [0.25, 0.3) is 11.3 Å². The first-order valence-electron chi connectivity index (χ1n) is 11.0. The van der Waals surface area contributed by atoms with E-state index in [0.29, 0.717) is 16.2 Å². The molecule has 1 heterocycles. The Morgan fingerprint density at radius 3 is 1.50 bits per heavy atom. The Labute approximate surface area is 203 Å². The predicted octanol–water partition coefficient (Wildman–Crippen LogP) is 4.72. The molecule has 0 bridgehead atoms. The van der Waals surface area contributed by atoms with E-state index < -0.39 is 12.7 Å². The molecule has 0 unspecified atom stereocenters. The molecule has 4 aromatic carbocycles. The van der Waals surface area contributed by atoms with Crippen LogP contribution in [0.15, 0.2) is 121 Å². The fraction of sp³-hybridized carbons (Fsp3) is 0.0357. The Kier molecular flexibility index (Phi) is 6.07. The van der Waals surface area contributed by atoms with Gasteiger partial charge in [-0.2, -0.15) is 5.10 Å². The Morgan fingerprint density at radius 2 is 1.09 bits per heavy atom. The molecule has 0 aliphatic carbocycles. The van der Waals surface area contributed by atoms with Crippen molar-refractivity contribution in [3.63, 3.8) is 0 Å². The third kappa shape index (κ3) is 3.84. The second kappa shape index (κ2) is 9.31. The van der Waals surface area contributed by atoms with Crippen LogP contribution < -0.4 is 5.46 Å². The molecular weight excluding hydrogens is 443 g/mol. The molecule has 0 aliphatic rings. The van der Waals surface area contributed by atoms with Crippen LogP contribution in [0.1, 0.15) is 16.7 Å². The van der Waals surface area contributed by atoms with Gasteiger partial charge in [0.15, 0.2) is 0 Å². The molecule has 0 aliphatic heterocycles. The van der Waals surface area contributed by atoms with E-state index in [4.69, 9.17) is 16.7 Å². The van der Waals surface area contributed by atoms with Gasteiger partial charge in [0.05, 0.1) is 5.69 Å². The zero-order chi connectivity index (χ0) is 23.5. The quantitative estimate of drug-likeness (QED) is 0.282. The first-order chi connectivity index (χ1) is 16.6. The van der Waals surface area contributed by atoms with Crippen molar-refractivity contribution in [3.05, 3.63) is 143 Å². The summed E-state index contributed by atoms with van der Waals surface area (Å²) >= 11 is 6.10. The predicted molar refractivity (Wildman–Crippen MR) is 137 cm³/mol. The van der Waals surface area contributed by atoms with Gasteiger partial charge < -0.3 is 10.0 Å². The van der Waals surface area contributed by atoms with E-state index in [1.165, 1.54) is 0 Å². The van der Waals surface area contributed by atoms with Gasteiger partial charge in [0, 0.05) is 22.2 Å². The average molecular weight is 465 g/mol. The lowest BCUT2D eigenvalue weighted by molar-refractivity contribution is 0.425. The highest BCUT2D eigenvalue weighted by atomic mass is 35.5. The molecule has 1 aromatic heterocycles. The highest BCUT2D eigenvalue weighted by molar-refractivity contribution is 6.60. The molecule has 0 saturated carbocycles. The summed E-state index contributed by atoms with van der Waals surface area (Å²) in [7, 11) is -1.69. The Morgan fingerprint density at radius 1 is 0.647 bits per heavy atom. The summed E-state index contributed by atoms with van der Waals surface area (Å²) in [5, 5.41) is 26.2. The van der Waals surface area contributed by atoms with Crippen LogP contribution in [-0.4, -0.2) is 26.9 Å². The van der Waals surface area contributed by atoms with Gasteiger partial charge in [-0.25, -0.2) is 0 Å². The summed E-state index contributed by atoms with van der Waals surface area (Å²) < 4.78 is 1.84. The Hall–Kier alpha value is -3.64. The van der Waals surface area contributed by atoms with Crippen molar-refractivity contribution in [1.82, 2.24) is 9.78 Å². The third-order valence-corrected chi connectivity index (χ3v) is 6.31. The molecule has 4 nitrogen and oxygen atoms in total. The Bertz CT molecular complexity index is 1280. The number of benzene rings is 4. The SMILES string of the molecule is OB(O)c1cn(C(c2ccccc2)(c2ccccc2)c2ccccc2)nc1-c1ccc(Cl)cc1. The largest absolute Gasteiger partial charge is 0.492 e. The van der Waals surface area contributed by atoms with Crippen molar-refractivity contribution in [2.24, 2.45) is 0 Å². The lowest BCUT2D eigenvalue weighted by Gasteiger charge is -2.36. The van der Waals surface area contributed by atoms with Crippen molar-refractivity contribution in [1.29, 1.82) is 0 Å². The topological polar surface area (TPSA) is 58.3 Å². The van der Waals surface area contributed by atoms with Crippen LogP contribution in [-0.2, 0) is 5.54 Å². The van der Waals surface area contributed by atoms with Gasteiger partial charge in [-0.05, 0) is 28.8 Å². The minimum atomic E-state index is -1.69. The minimum Gasteiger partial charge on any atom is -0.423 e. The highest BCUT2D eigenvalue weighted by Gasteiger charge is 2.40. The monoisotopic (exact) mass is 464 g/mol. The highest BCUT2D eigenvalue weighted by Crippen LogP contribution is 2.40. The van der Waals surface area contributed by atoms with Crippen LogP contribution in [0.4, 0.5) is 0 Å². The Balaban J connectivity index is 1.87. The van der Waals surface area contributed by atoms with Gasteiger partial charge in [-0.3, -0.25) is 4.68 Å². The molecule has 0 amide bonds.